The molecule has 0 aromatic carbocycles. The number of aromatic nitrogens is 5. The summed E-state index contributed by atoms with van der Waals surface area (Å²) in [4.78, 5) is 26.5. The van der Waals surface area contributed by atoms with E-state index in [0.717, 1.165) is 0 Å². The highest BCUT2D eigenvalue weighted by atomic mass is 32.1. The van der Waals surface area contributed by atoms with Gasteiger partial charge in [0.25, 0.3) is 11.8 Å². The van der Waals surface area contributed by atoms with E-state index in [-0.39, 0.29) is 29.5 Å². The van der Waals surface area contributed by atoms with Gasteiger partial charge in [-0.1, -0.05) is 6.92 Å². The number of nitrogens with zero attached hydrogens (tertiary/aromatic N) is 5. The maximum atomic E-state index is 12.5. The Hall–Kier alpha value is -2.49. The summed E-state index contributed by atoms with van der Waals surface area (Å²) < 4.78 is 3.54. The summed E-state index contributed by atoms with van der Waals surface area (Å²) in [6.07, 6.45) is 1.75. The SMILES string of the molecule is CC1CN(C(=O)c2ccn(C)n2)CC1CNC(=O)c1n[nH]c(=S)n1C. The summed E-state index contributed by atoms with van der Waals surface area (Å²) in [6, 6.07) is 1.71. The van der Waals surface area contributed by atoms with E-state index in [0.29, 0.717) is 30.1 Å². The number of carbonyl (C=O) groups is 2. The number of aryl methyl sites for hydroxylation is 1. The lowest BCUT2D eigenvalue weighted by atomic mass is 9.98. The van der Waals surface area contributed by atoms with Gasteiger partial charge in [-0.25, -0.2) is 0 Å². The average molecular weight is 363 g/mol. The molecule has 2 aromatic heterocycles. The van der Waals surface area contributed by atoms with E-state index < -0.39 is 0 Å². The molecule has 1 aliphatic heterocycles. The second-order valence-corrected chi connectivity index (χ2v) is 6.83. The molecule has 2 atom stereocenters. The second kappa shape index (κ2) is 6.79. The van der Waals surface area contributed by atoms with Crippen LogP contribution in [0.5, 0.6) is 0 Å². The number of H-pyrrole nitrogens is 1. The van der Waals surface area contributed by atoms with Crippen LogP contribution in [-0.2, 0) is 14.1 Å². The zero-order valence-corrected chi connectivity index (χ0v) is 15.2. The maximum absolute atomic E-state index is 12.5. The lowest BCUT2D eigenvalue weighted by Gasteiger charge is -2.15. The molecule has 134 valence electrons. The number of hydrogen-bond donors (Lipinski definition) is 2. The molecule has 2 aromatic rings. The van der Waals surface area contributed by atoms with Gasteiger partial charge in [0, 0.05) is 39.9 Å². The molecule has 3 heterocycles. The monoisotopic (exact) mass is 363 g/mol. The highest BCUT2D eigenvalue weighted by molar-refractivity contribution is 7.71. The van der Waals surface area contributed by atoms with Crippen molar-refractivity contribution >= 4 is 24.0 Å². The van der Waals surface area contributed by atoms with Gasteiger partial charge >= 0.3 is 0 Å². The average Bonchev–Trinajstić information content (AvgIpc) is 3.26. The molecule has 25 heavy (non-hydrogen) atoms. The van der Waals surface area contributed by atoms with Gasteiger partial charge in [0.05, 0.1) is 0 Å². The Morgan fingerprint density at radius 3 is 2.76 bits per heavy atom. The van der Waals surface area contributed by atoms with Crippen LogP contribution in [0.15, 0.2) is 12.3 Å². The summed E-state index contributed by atoms with van der Waals surface area (Å²) in [7, 11) is 3.47. The Kier molecular flexibility index (Phi) is 4.71. The molecule has 2 N–H and O–H groups in total. The number of carbonyl (C=O) groups excluding carboxylic acids is 2. The van der Waals surface area contributed by atoms with Gasteiger partial charge in [-0.15, -0.1) is 5.10 Å². The largest absolute Gasteiger partial charge is 0.349 e. The predicted molar refractivity (Wildman–Crippen MR) is 92.5 cm³/mol. The number of aromatic amines is 1. The minimum Gasteiger partial charge on any atom is -0.349 e. The van der Waals surface area contributed by atoms with Crippen LogP contribution in [0.3, 0.4) is 0 Å². The molecule has 0 saturated carbocycles. The van der Waals surface area contributed by atoms with Gasteiger partial charge in [-0.3, -0.25) is 23.9 Å². The van der Waals surface area contributed by atoms with Crippen LogP contribution < -0.4 is 5.32 Å². The molecule has 2 amide bonds. The number of rotatable bonds is 4. The first-order valence-corrected chi connectivity index (χ1v) is 8.46. The summed E-state index contributed by atoms with van der Waals surface area (Å²) in [5.41, 5.74) is 0.445. The zero-order chi connectivity index (χ0) is 18.1. The van der Waals surface area contributed by atoms with Crippen LogP contribution in [0.25, 0.3) is 0 Å². The fourth-order valence-corrected chi connectivity index (χ4v) is 3.14. The van der Waals surface area contributed by atoms with Crippen LogP contribution in [0.2, 0.25) is 0 Å². The molecule has 1 aliphatic rings. The fourth-order valence-electron chi connectivity index (χ4n) is 3.01. The van der Waals surface area contributed by atoms with E-state index in [4.69, 9.17) is 12.2 Å². The van der Waals surface area contributed by atoms with Crippen LogP contribution in [0, 0.1) is 16.6 Å². The quantitative estimate of drug-likeness (QED) is 0.764. The molecule has 10 heteroatoms. The Balaban J connectivity index is 1.59. The molecule has 1 fully saturated rings. The molecule has 0 spiro atoms. The summed E-state index contributed by atoms with van der Waals surface area (Å²) in [5.74, 6) is 0.364. The third-order valence-corrected chi connectivity index (χ3v) is 4.96. The van der Waals surface area contributed by atoms with E-state index in [1.165, 1.54) is 4.57 Å². The first-order valence-electron chi connectivity index (χ1n) is 8.05. The Morgan fingerprint density at radius 2 is 2.16 bits per heavy atom. The number of hydrogen-bond acceptors (Lipinski definition) is 5. The Labute approximate surface area is 150 Å². The molecule has 0 aliphatic carbocycles. The molecule has 2 unspecified atom stereocenters. The van der Waals surface area contributed by atoms with Crippen molar-refractivity contribution in [2.24, 2.45) is 25.9 Å². The lowest BCUT2D eigenvalue weighted by Crippen LogP contribution is -2.34. The fraction of sp³-hybridized carbons (Fsp3) is 0.533. The van der Waals surface area contributed by atoms with Crippen molar-refractivity contribution in [1.29, 1.82) is 0 Å². The molecule has 0 radical (unpaired) electrons. The first kappa shape index (κ1) is 17.3. The van der Waals surface area contributed by atoms with Crippen LogP contribution in [0.1, 0.15) is 28.0 Å². The third-order valence-electron chi connectivity index (χ3n) is 4.60. The molecule has 0 bridgehead atoms. The van der Waals surface area contributed by atoms with Crippen LogP contribution in [0.4, 0.5) is 0 Å². The molecular weight excluding hydrogens is 342 g/mol. The van der Waals surface area contributed by atoms with Gasteiger partial charge < -0.3 is 10.2 Å². The van der Waals surface area contributed by atoms with E-state index >= 15 is 0 Å². The van der Waals surface area contributed by atoms with Crippen molar-refractivity contribution in [2.45, 2.75) is 6.92 Å². The topological polar surface area (TPSA) is 101 Å². The first-order chi connectivity index (χ1) is 11.9. The van der Waals surface area contributed by atoms with Crippen molar-refractivity contribution in [3.05, 3.63) is 28.6 Å². The van der Waals surface area contributed by atoms with E-state index in [2.05, 4.69) is 27.5 Å². The van der Waals surface area contributed by atoms with Crippen LogP contribution >= 0.6 is 12.2 Å². The minimum atomic E-state index is -0.281. The van der Waals surface area contributed by atoms with Gasteiger partial charge in [0.15, 0.2) is 4.77 Å². The number of nitrogens with one attached hydrogen (secondary N) is 2. The summed E-state index contributed by atoms with van der Waals surface area (Å²) in [6.45, 7) is 3.81. The van der Waals surface area contributed by atoms with E-state index in [1.54, 1.807) is 35.9 Å². The van der Waals surface area contributed by atoms with Gasteiger partial charge in [-0.05, 0) is 30.1 Å². The Morgan fingerprint density at radius 1 is 1.40 bits per heavy atom. The lowest BCUT2D eigenvalue weighted by molar-refractivity contribution is 0.0778. The standard InChI is InChI=1S/C15H21N7O2S/c1-9-7-22(14(24)11-4-5-20(2)19-11)8-10(9)6-16-13(23)12-17-18-15(25)21(12)3/h4-5,9-10H,6-8H2,1-3H3,(H,16,23)(H,18,25). The highest BCUT2D eigenvalue weighted by Gasteiger charge is 2.33. The molecule has 9 nitrogen and oxygen atoms in total. The second-order valence-electron chi connectivity index (χ2n) is 6.44. The van der Waals surface area contributed by atoms with Crippen molar-refractivity contribution in [3.63, 3.8) is 0 Å². The highest BCUT2D eigenvalue weighted by Crippen LogP contribution is 2.23. The number of amides is 2. The van der Waals surface area contributed by atoms with Crippen molar-refractivity contribution in [2.75, 3.05) is 19.6 Å². The van der Waals surface area contributed by atoms with Gasteiger partial charge in [0.2, 0.25) is 5.82 Å². The van der Waals surface area contributed by atoms with Crippen LogP contribution in [-0.4, -0.2) is 60.9 Å². The van der Waals surface area contributed by atoms with Gasteiger partial charge in [-0.2, -0.15) is 5.10 Å². The summed E-state index contributed by atoms with van der Waals surface area (Å²) in [5, 5.41) is 13.6. The molecule has 3 rings (SSSR count). The number of likely N-dealkylation sites (tertiary alicyclic amines) is 1. The Bertz CT molecular complexity index is 852. The van der Waals surface area contributed by atoms with E-state index in [1.807, 2.05) is 0 Å². The van der Waals surface area contributed by atoms with E-state index in [9.17, 15) is 9.59 Å². The summed E-state index contributed by atoms with van der Waals surface area (Å²) >= 11 is 5.01. The minimum absolute atomic E-state index is 0.0734. The normalized spacial score (nSPS) is 20.0. The molecular formula is C15H21N7O2S. The third kappa shape index (κ3) is 3.48. The zero-order valence-electron chi connectivity index (χ0n) is 14.4. The maximum Gasteiger partial charge on any atom is 0.289 e. The van der Waals surface area contributed by atoms with Crippen molar-refractivity contribution < 1.29 is 9.59 Å². The smallest absolute Gasteiger partial charge is 0.289 e. The van der Waals surface area contributed by atoms with Crippen molar-refractivity contribution in [1.82, 2.24) is 34.8 Å². The van der Waals surface area contributed by atoms with Crippen molar-refractivity contribution in [3.8, 4) is 0 Å². The van der Waals surface area contributed by atoms with Gasteiger partial charge in [0.1, 0.15) is 5.69 Å². The predicted octanol–water partition coefficient (Wildman–Crippen LogP) is 0.349. The molecule has 1 saturated heterocycles.